The predicted molar refractivity (Wildman–Crippen MR) is 141 cm³/mol. The second-order valence-corrected chi connectivity index (χ2v) is 10.5. The number of nitrogens with zero attached hydrogens (tertiary/aromatic N) is 1. The maximum absolute atomic E-state index is 5.54. The van der Waals surface area contributed by atoms with E-state index in [0.717, 1.165) is 30.2 Å². The Kier molecular flexibility index (Phi) is 7.53. The molecule has 5 heteroatoms. The van der Waals surface area contributed by atoms with Crippen LogP contribution in [0.25, 0.3) is 0 Å². The third-order valence-corrected chi connectivity index (χ3v) is 8.82. The van der Waals surface area contributed by atoms with Crippen molar-refractivity contribution in [2.24, 2.45) is 11.8 Å². The molecule has 4 aliphatic rings. The van der Waals surface area contributed by atoms with Crippen molar-refractivity contribution in [3.05, 3.63) is 59.2 Å². The highest BCUT2D eigenvalue weighted by Crippen LogP contribution is 2.56. The third-order valence-electron chi connectivity index (χ3n) is 8.82. The summed E-state index contributed by atoms with van der Waals surface area (Å²) in [5.41, 5.74) is 6.22. The van der Waals surface area contributed by atoms with Crippen molar-refractivity contribution in [2.45, 2.75) is 69.4 Å². The number of likely N-dealkylation sites (tertiary alicyclic amines) is 1. The monoisotopic (exact) mass is 488 g/mol. The zero-order valence-electron chi connectivity index (χ0n) is 19.7. The fraction of sp³-hybridized carbons (Fsp3) is 0.571. The van der Waals surface area contributed by atoms with E-state index in [1.165, 1.54) is 75.7 Å². The maximum atomic E-state index is 5.54. The molecule has 2 bridgehead atoms. The van der Waals surface area contributed by atoms with E-state index in [4.69, 9.17) is 4.74 Å². The van der Waals surface area contributed by atoms with Crippen LogP contribution < -0.4 is 10.1 Å². The van der Waals surface area contributed by atoms with E-state index < -0.39 is 0 Å². The average molecular weight is 490 g/mol. The number of anilines is 1. The van der Waals surface area contributed by atoms with Crippen LogP contribution in [0.2, 0.25) is 0 Å². The van der Waals surface area contributed by atoms with Crippen molar-refractivity contribution < 1.29 is 4.74 Å². The van der Waals surface area contributed by atoms with Gasteiger partial charge >= 0.3 is 0 Å². The first-order chi connectivity index (χ1) is 15.3. The van der Waals surface area contributed by atoms with E-state index in [1.54, 1.807) is 18.2 Å². The normalized spacial score (nSPS) is 27.9. The summed E-state index contributed by atoms with van der Waals surface area (Å²) >= 11 is 0. The van der Waals surface area contributed by atoms with Gasteiger partial charge < -0.3 is 10.1 Å². The van der Waals surface area contributed by atoms with Crippen LogP contribution in [-0.2, 0) is 18.4 Å². The number of methoxy groups -OCH3 is 1. The smallest absolute Gasteiger partial charge is 0.123 e. The van der Waals surface area contributed by atoms with Crippen molar-refractivity contribution in [3.8, 4) is 5.75 Å². The van der Waals surface area contributed by atoms with E-state index in [2.05, 4.69) is 40.5 Å². The van der Waals surface area contributed by atoms with Crippen LogP contribution in [0.3, 0.4) is 0 Å². The van der Waals surface area contributed by atoms with Gasteiger partial charge in [-0.2, -0.15) is 0 Å². The van der Waals surface area contributed by atoms with Crippen LogP contribution in [0.15, 0.2) is 42.5 Å². The largest absolute Gasteiger partial charge is 0.496 e. The Morgan fingerprint density at radius 1 is 1.03 bits per heavy atom. The molecule has 2 aromatic carbocycles. The van der Waals surface area contributed by atoms with Gasteiger partial charge in [-0.25, -0.2) is 0 Å². The van der Waals surface area contributed by atoms with Gasteiger partial charge in [0.05, 0.1) is 7.11 Å². The fourth-order valence-electron chi connectivity index (χ4n) is 7.10. The van der Waals surface area contributed by atoms with Crippen molar-refractivity contribution in [2.75, 3.05) is 25.5 Å². The molecule has 2 saturated carbocycles. The first-order valence-electron chi connectivity index (χ1n) is 12.5. The van der Waals surface area contributed by atoms with Crippen LogP contribution >= 0.6 is 24.8 Å². The fourth-order valence-corrected chi connectivity index (χ4v) is 7.10. The van der Waals surface area contributed by atoms with Crippen LogP contribution in [0.1, 0.15) is 61.6 Å². The second kappa shape index (κ2) is 10.1. The molecule has 0 unspecified atom stereocenters. The number of halogens is 2. The Balaban J connectivity index is 0.00000130. The summed E-state index contributed by atoms with van der Waals surface area (Å²) in [6, 6.07) is 16.4. The highest BCUT2D eigenvalue weighted by atomic mass is 35.5. The van der Waals surface area contributed by atoms with Crippen molar-refractivity contribution in [1.82, 2.24) is 4.90 Å². The van der Waals surface area contributed by atoms with Gasteiger partial charge in [0.1, 0.15) is 5.75 Å². The van der Waals surface area contributed by atoms with Crippen molar-refractivity contribution in [1.29, 1.82) is 0 Å². The third kappa shape index (κ3) is 4.49. The van der Waals surface area contributed by atoms with Crippen LogP contribution in [0.5, 0.6) is 5.75 Å². The van der Waals surface area contributed by atoms with Gasteiger partial charge in [0.2, 0.25) is 0 Å². The van der Waals surface area contributed by atoms with E-state index in [9.17, 15) is 0 Å². The lowest BCUT2D eigenvalue weighted by atomic mass is 9.52. The molecular weight excluding hydrogens is 451 g/mol. The standard InChI is InChI=1S/C28H36N2O.2ClH/c1-31-27-8-3-2-6-22(27)18-29-23-12-11-21-16-26-24-7-4-5-13-28(24,25(21)17-23)14-15-30(26)19-20-9-10-20;;/h2-3,6,8,11-12,17,20,24,26,29H,4-5,7,9-10,13-16,18-19H2,1H3;2*1H/t24-,26+,28+;;/m0../s1. The molecule has 3 fully saturated rings. The first-order valence-corrected chi connectivity index (χ1v) is 12.5. The summed E-state index contributed by atoms with van der Waals surface area (Å²) in [6.45, 7) is 3.48. The number of piperidine rings is 1. The van der Waals surface area contributed by atoms with E-state index >= 15 is 0 Å². The highest BCUT2D eigenvalue weighted by molar-refractivity contribution is 5.85. The first kappa shape index (κ1) is 24.7. The lowest BCUT2D eigenvalue weighted by Gasteiger charge is -2.59. The molecule has 0 aromatic heterocycles. The molecule has 0 spiro atoms. The Morgan fingerprint density at radius 2 is 1.88 bits per heavy atom. The molecule has 3 atom stereocenters. The lowest BCUT2D eigenvalue weighted by molar-refractivity contribution is -0.0133. The minimum absolute atomic E-state index is 0. The topological polar surface area (TPSA) is 24.5 Å². The van der Waals surface area contributed by atoms with Crippen molar-refractivity contribution >= 4 is 30.5 Å². The average Bonchev–Trinajstić information content (AvgIpc) is 3.64. The van der Waals surface area contributed by atoms with Gasteiger partial charge in [-0.3, -0.25) is 4.90 Å². The van der Waals surface area contributed by atoms with E-state index in [0.29, 0.717) is 5.41 Å². The number of benzene rings is 2. The SMILES string of the molecule is COc1ccccc1CNc1ccc2c(c1)[C@@]13CCCC[C@H]1[C@@H](C2)N(CC1CC1)CC3.Cl.Cl. The zero-order chi connectivity index (χ0) is 20.8. The molecule has 6 rings (SSSR count). The van der Waals surface area contributed by atoms with Crippen molar-refractivity contribution in [3.63, 3.8) is 0 Å². The molecule has 1 heterocycles. The van der Waals surface area contributed by atoms with E-state index in [-0.39, 0.29) is 24.8 Å². The van der Waals surface area contributed by atoms with Crippen LogP contribution in [0, 0.1) is 11.8 Å². The molecule has 1 saturated heterocycles. The molecule has 2 aromatic rings. The summed E-state index contributed by atoms with van der Waals surface area (Å²) in [4.78, 5) is 2.91. The highest BCUT2D eigenvalue weighted by Gasteiger charge is 2.54. The summed E-state index contributed by atoms with van der Waals surface area (Å²) in [5.74, 6) is 2.83. The molecular formula is C28H38Cl2N2O. The number of fused-ring (bicyclic) bond motifs is 1. The van der Waals surface area contributed by atoms with Gasteiger partial charge in [0, 0.05) is 35.8 Å². The number of rotatable bonds is 6. The number of hydrogen-bond donors (Lipinski definition) is 1. The lowest BCUT2D eigenvalue weighted by Crippen LogP contribution is -2.61. The van der Waals surface area contributed by atoms with Gasteiger partial charge in [0.25, 0.3) is 0 Å². The number of ether oxygens (including phenoxy) is 1. The summed E-state index contributed by atoms with van der Waals surface area (Å²) in [5, 5.41) is 3.70. The van der Waals surface area contributed by atoms with E-state index in [1.807, 2.05) is 12.1 Å². The molecule has 1 N–H and O–H groups in total. The Bertz CT molecular complexity index is 963. The molecule has 3 aliphatic carbocycles. The predicted octanol–water partition coefficient (Wildman–Crippen LogP) is 6.62. The Labute approximate surface area is 211 Å². The summed E-state index contributed by atoms with van der Waals surface area (Å²) in [6.07, 6.45) is 11.2. The maximum Gasteiger partial charge on any atom is 0.123 e. The number of hydrogen-bond acceptors (Lipinski definition) is 3. The van der Waals surface area contributed by atoms with Gasteiger partial charge in [-0.05, 0) is 86.2 Å². The molecule has 180 valence electrons. The number of nitrogens with one attached hydrogen (secondary N) is 1. The summed E-state index contributed by atoms with van der Waals surface area (Å²) in [7, 11) is 1.76. The molecule has 0 radical (unpaired) electrons. The molecule has 0 amide bonds. The summed E-state index contributed by atoms with van der Waals surface area (Å²) < 4.78 is 5.54. The van der Waals surface area contributed by atoms with Gasteiger partial charge in [0.15, 0.2) is 0 Å². The Hall–Kier alpha value is -1.42. The van der Waals surface area contributed by atoms with Crippen LogP contribution in [-0.4, -0.2) is 31.1 Å². The Morgan fingerprint density at radius 3 is 2.70 bits per heavy atom. The quantitative estimate of drug-likeness (QED) is 0.494. The number of para-hydroxylation sites is 1. The molecule has 3 nitrogen and oxygen atoms in total. The van der Waals surface area contributed by atoms with Gasteiger partial charge in [-0.15, -0.1) is 24.8 Å². The van der Waals surface area contributed by atoms with Crippen LogP contribution in [0.4, 0.5) is 5.69 Å². The minimum Gasteiger partial charge on any atom is -0.496 e. The minimum atomic E-state index is 0. The molecule has 1 aliphatic heterocycles. The second-order valence-electron chi connectivity index (χ2n) is 10.5. The zero-order valence-corrected chi connectivity index (χ0v) is 21.4. The van der Waals surface area contributed by atoms with Gasteiger partial charge in [-0.1, -0.05) is 37.1 Å². The molecule has 33 heavy (non-hydrogen) atoms.